The van der Waals surface area contributed by atoms with Crippen LogP contribution >= 0.6 is 0 Å². The van der Waals surface area contributed by atoms with E-state index >= 15 is 0 Å². The zero-order chi connectivity index (χ0) is 10.4. The topological polar surface area (TPSA) is 31.5 Å². The smallest absolute Gasteiger partial charge is 0.358 e. The van der Waals surface area contributed by atoms with Crippen molar-refractivity contribution < 1.29 is 9.52 Å². The minimum atomic E-state index is 0.308. The SMILES string of the molecule is C=Cc1[o+]ccc(O)c1CCCCC. The van der Waals surface area contributed by atoms with Gasteiger partial charge in [-0.05, 0) is 12.8 Å². The van der Waals surface area contributed by atoms with Gasteiger partial charge in [0.15, 0.2) is 0 Å². The first-order chi connectivity index (χ1) is 6.79. The van der Waals surface area contributed by atoms with Crippen LogP contribution in [0.1, 0.15) is 37.5 Å². The van der Waals surface area contributed by atoms with Crippen LogP contribution in [0.25, 0.3) is 6.08 Å². The van der Waals surface area contributed by atoms with Crippen LogP contribution in [0.2, 0.25) is 0 Å². The fourth-order valence-electron chi connectivity index (χ4n) is 1.44. The summed E-state index contributed by atoms with van der Waals surface area (Å²) in [7, 11) is 0. The van der Waals surface area contributed by atoms with Gasteiger partial charge in [-0.25, -0.2) is 4.42 Å². The molecular weight excluding hydrogens is 176 g/mol. The number of hydrogen-bond acceptors (Lipinski definition) is 1. The lowest BCUT2D eigenvalue weighted by atomic mass is 10.1. The molecule has 1 N–H and O–H groups in total. The van der Waals surface area contributed by atoms with Gasteiger partial charge in [0.05, 0.1) is 11.6 Å². The first-order valence-corrected chi connectivity index (χ1v) is 5.04. The van der Waals surface area contributed by atoms with Crippen molar-refractivity contribution in [2.24, 2.45) is 0 Å². The molecule has 1 rings (SSSR count). The van der Waals surface area contributed by atoms with Gasteiger partial charge in [-0.3, -0.25) is 0 Å². The third-order valence-corrected chi connectivity index (χ3v) is 2.24. The van der Waals surface area contributed by atoms with Crippen molar-refractivity contribution in [1.29, 1.82) is 0 Å². The van der Waals surface area contributed by atoms with Gasteiger partial charge in [-0.15, -0.1) is 0 Å². The molecule has 0 radical (unpaired) electrons. The summed E-state index contributed by atoms with van der Waals surface area (Å²) in [6.45, 7) is 5.81. The monoisotopic (exact) mass is 193 g/mol. The van der Waals surface area contributed by atoms with E-state index in [2.05, 4.69) is 13.5 Å². The third kappa shape index (κ3) is 2.59. The Morgan fingerprint density at radius 2 is 2.29 bits per heavy atom. The lowest BCUT2D eigenvalue weighted by molar-refractivity contribution is 0.443. The normalized spacial score (nSPS) is 10.1. The maximum absolute atomic E-state index is 9.61. The summed E-state index contributed by atoms with van der Waals surface area (Å²) in [6, 6.07) is 1.58. The van der Waals surface area contributed by atoms with E-state index in [1.165, 1.54) is 19.1 Å². The Hall–Kier alpha value is -1.31. The second kappa shape index (κ2) is 5.43. The predicted octanol–water partition coefficient (Wildman–Crippen LogP) is 3.64. The molecule has 0 aliphatic heterocycles. The maximum Gasteiger partial charge on any atom is 0.358 e. The molecule has 14 heavy (non-hydrogen) atoms. The van der Waals surface area contributed by atoms with Gasteiger partial charge in [-0.2, -0.15) is 0 Å². The molecule has 0 aliphatic rings. The van der Waals surface area contributed by atoms with E-state index in [0.717, 1.165) is 18.4 Å². The highest BCUT2D eigenvalue weighted by molar-refractivity contribution is 5.49. The van der Waals surface area contributed by atoms with E-state index in [4.69, 9.17) is 4.42 Å². The van der Waals surface area contributed by atoms with E-state index < -0.39 is 0 Å². The summed E-state index contributed by atoms with van der Waals surface area (Å²) < 4.78 is 5.24. The van der Waals surface area contributed by atoms with E-state index in [1.54, 1.807) is 12.1 Å². The van der Waals surface area contributed by atoms with Crippen molar-refractivity contribution in [2.75, 3.05) is 0 Å². The van der Waals surface area contributed by atoms with Crippen molar-refractivity contribution >= 4 is 6.08 Å². The molecule has 76 valence electrons. The third-order valence-electron chi connectivity index (χ3n) is 2.24. The highest BCUT2D eigenvalue weighted by atomic mass is 16.3. The number of hydrogen-bond donors (Lipinski definition) is 1. The van der Waals surface area contributed by atoms with Gasteiger partial charge in [0.1, 0.15) is 5.75 Å². The molecule has 0 atom stereocenters. The molecule has 1 aromatic rings. The van der Waals surface area contributed by atoms with Gasteiger partial charge >= 0.3 is 12.0 Å². The Morgan fingerprint density at radius 3 is 2.93 bits per heavy atom. The van der Waals surface area contributed by atoms with Crippen molar-refractivity contribution in [2.45, 2.75) is 32.6 Å². The van der Waals surface area contributed by atoms with Crippen molar-refractivity contribution in [3.05, 3.63) is 30.2 Å². The van der Waals surface area contributed by atoms with Crippen LogP contribution in [0, 0.1) is 0 Å². The molecule has 0 fully saturated rings. The van der Waals surface area contributed by atoms with Gasteiger partial charge in [-0.1, -0.05) is 26.3 Å². The van der Waals surface area contributed by atoms with Crippen LogP contribution in [0.3, 0.4) is 0 Å². The highest BCUT2D eigenvalue weighted by Crippen LogP contribution is 2.23. The van der Waals surface area contributed by atoms with Crippen molar-refractivity contribution in [3.63, 3.8) is 0 Å². The maximum atomic E-state index is 9.61. The molecule has 2 heteroatoms. The number of rotatable bonds is 5. The van der Waals surface area contributed by atoms with E-state index in [1.807, 2.05) is 0 Å². The lowest BCUT2D eigenvalue weighted by Gasteiger charge is -2.00. The quantitative estimate of drug-likeness (QED) is 0.571. The Labute approximate surface area is 84.9 Å². The predicted molar refractivity (Wildman–Crippen MR) is 58.1 cm³/mol. The molecule has 0 unspecified atom stereocenters. The highest BCUT2D eigenvalue weighted by Gasteiger charge is 2.15. The fourth-order valence-corrected chi connectivity index (χ4v) is 1.44. The molecule has 2 nitrogen and oxygen atoms in total. The van der Waals surface area contributed by atoms with Crippen LogP contribution < -0.4 is 0 Å². The zero-order valence-electron chi connectivity index (χ0n) is 8.62. The van der Waals surface area contributed by atoms with E-state index in [-0.39, 0.29) is 0 Å². The fraction of sp³-hybridized carbons (Fsp3) is 0.417. The number of aromatic hydroxyl groups is 1. The molecule has 1 aromatic heterocycles. The minimum absolute atomic E-state index is 0.308. The van der Waals surface area contributed by atoms with Gasteiger partial charge in [0.2, 0.25) is 0 Å². The summed E-state index contributed by atoms with van der Waals surface area (Å²) in [6.07, 6.45) is 7.39. The molecule has 0 saturated heterocycles. The molecule has 0 bridgehead atoms. The summed E-state index contributed by atoms with van der Waals surface area (Å²) in [5.41, 5.74) is 0.871. The molecular formula is C12H17O2+. The van der Waals surface area contributed by atoms with Crippen LogP contribution in [0.5, 0.6) is 5.75 Å². The van der Waals surface area contributed by atoms with Crippen LogP contribution in [-0.2, 0) is 6.42 Å². The van der Waals surface area contributed by atoms with E-state index in [0.29, 0.717) is 11.5 Å². The van der Waals surface area contributed by atoms with Crippen LogP contribution in [-0.4, -0.2) is 5.11 Å². The van der Waals surface area contributed by atoms with Gasteiger partial charge in [0.25, 0.3) is 0 Å². The molecule has 0 spiro atoms. The molecule has 1 heterocycles. The number of unbranched alkanes of at least 4 members (excludes halogenated alkanes) is 2. The standard InChI is InChI=1S/C12H16O2/c1-3-5-6-7-10-11(13)8-9-14-12(10)4-2/h4,8-9H,2-3,5-7H2,1H3/p+1. The van der Waals surface area contributed by atoms with Crippen LogP contribution in [0.4, 0.5) is 0 Å². The van der Waals surface area contributed by atoms with Crippen molar-refractivity contribution in [1.82, 2.24) is 0 Å². The zero-order valence-corrected chi connectivity index (χ0v) is 8.62. The van der Waals surface area contributed by atoms with Crippen LogP contribution in [0.15, 0.2) is 23.3 Å². The van der Waals surface area contributed by atoms with E-state index in [9.17, 15) is 5.11 Å². The first kappa shape index (κ1) is 10.8. The Bertz CT molecular complexity index is 305. The van der Waals surface area contributed by atoms with Crippen molar-refractivity contribution in [3.8, 4) is 5.75 Å². The summed E-state index contributed by atoms with van der Waals surface area (Å²) in [5.74, 6) is 0.989. The summed E-state index contributed by atoms with van der Waals surface area (Å²) in [4.78, 5) is 0. The van der Waals surface area contributed by atoms with Gasteiger partial charge in [0, 0.05) is 6.08 Å². The minimum Gasteiger partial charge on any atom is -0.507 e. The molecule has 0 amide bonds. The summed E-state index contributed by atoms with van der Waals surface area (Å²) >= 11 is 0. The average Bonchev–Trinajstić information content (AvgIpc) is 2.20. The Balaban J connectivity index is 2.77. The molecule has 0 aromatic carbocycles. The first-order valence-electron chi connectivity index (χ1n) is 5.04. The molecule has 0 aliphatic carbocycles. The second-order valence-electron chi connectivity index (χ2n) is 3.31. The lowest BCUT2D eigenvalue weighted by Crippen LogP contribution is -1.90. The molecule has 0 saturated carbocycles. The average molecular weight is 193 g/mol. The summed E-state index contributed by atoms with van der Waals surface area (Å²) in [5, 5.41) is 9.61. The largest absolute Gasteiger partial charge is 0.507 e. The second-order valence-corrected chi connectivity index (χ2v) is 3.31. The van der Waals surface area contributed by atoms with Gasteiger partial charge < -0.3 is 5.11 Å². The Morgan fingerprint density at radius 1 is 1.50 bits per heavy atom. The Kier molecular flexibility index (Phi) is 4.17.